The molecule has 0 N–H and O–H groups in total. The summed E-state index contributed by atoms with van der Waals surface area (Å²) in [7, 11) is 0. The lowest BCUT2D eigenvalue weighted by molar-refractivity contribution is 1.08. The highest BCUT2D eigenvalue weighted by molar-refractivity contribution is 5.94. The molecule has 0 radical (unpaired) electrons. The Morgan fingerprint density at radius 2 is 1.92 bits per heavy atom. The summed E-state index contributed by atoms with van der Waals surface area (Å²) in [5.41, 5.74) is 5.44. The highest BCUT2D eigenvalue weighted by Crippen LogP contribution is 2.47. The van der Waals surface area contributed by atoms with Crippen molar-refractivity contribution in [2.24, 2.45) is 5.92 Å². The first kappa shape index (κ1) is 7.14. The predicted molar refractivity (Wildman–Crippen MR) is 56.2 cm³/mol. The Labute approximate surface area is 78.6 Å². The first-order chi connectivity index (χ1) is 6.36. The number of rotatable bonds is 1. The third-order valence-electron chi connectivity index (χ3n) is 2.96. The first-order valence-corrected chi connectivity index (χ1v) is 4.86. The SMILES string of the molecule is C=C1C(C2CC2)=Cc2ccccc21. The highest BCUT2D eigenvalue weighted by Gasteiger charge is 2.30. The monoisotopic (exact) mass is 168 g/mol. The van der Waals surface area contributed by atoms with Crippen LogP contribution in [0, 0.1) is 5.92 Å². The van der Waals surface area contributed by atoms with Crippen LogP contribution in [-0.2, 0) is 0 Å². The molecule has 2 aliphatic carbocycles. The summed E-state index contributed by atoms with van der Waals surface area (Å²) in [6.07, 6.45) is 5.03. The van der Waals surface area contributed by atoms with Gasteiger partial charge in [-0.25, -0.2) is 0 Å². The molecule has 0 spiro atoms. The minimum atomic E-state index is 0.819. The van der Waals surface area contributed by atoms with Crippen LogP contribution in [0.2, 0.25) is 0 Å². The fraction of sp³-hybridized carbons (Fsp3) is 0.231. The molecule has 0 nitrogen and oxygen atoms in total. The van der Waals surface area contributed by atoms with E-state index in [2.05, 4.69) is 36.9 Å². The van der Waals surface area contributed by atoms with Gasteiger partial charge in [-0.1, -0.05) is 36.9 Å². The molecule has 1 fully saturated rings. The van der Waals surface area contributed by atoms with Gasteiger partial charge in [0, 0.05) is 0 Å². The van der Waals surface area contributed by atoms with Crippen molar-refractivity contribution in [1.29, 1.82) is 0 Å². The van der Waals surface area contributed by atoms with E-state index in [-0.39, 0.29) is 0 Å². The zero-order valence-electron chi connectivity index (χ0n) is 7.59. The molecule has 3 rings (SSSR count). The Morgan fingerprint density at radius 3 is 2.62 bits per heavy atom. The van der Waals surface area contributed by atoms with Crippen molar-refractivity contribution in [3.05, 3.63) is 47.5 Å². The van der Waals surface area contributed by atoms with E-state index in [1.165, 1.54) is 35.1 Å². The molecular weight excluding hydrogens is 156 g/mol. The maximum absolute atomic E-state index is 4.17. The molecule has 0 bridgehead atoms. The summed E-state index contributed by atoms with van der Waals surface area (Å²) >= 11 is 0. The maximum atomic E-state index is 4.17. The molecule has 0 unspecified atom stereocenters. The van der Waals surface area contributed by atoms with Crippen LogP contribution in [0.4, 0.5) is 0 Å². The maximum Gasteiger partial charge on any atom is -0.0114 e. The number of allylic oxidation sites excluding steroid dienone is 2. The van der Waals surface area contributed by atoms with Gasteiger partial charge in [0.05, 0.1) is 0 Å². The van der Waals surface area contributed by atoms with Crippen molar-refractivity contribution >= 4 is 11.6 Å². The third-order valence-corrected chi connectivity index (χ3v) is 2.96. The number of fused-ring (bicyclic) bond motifs is 1. The van der Waals surface area contributed by atoms with Gasteiger partial charge in [0.15, 0.2) is 0 Å². The van der Waals surface area contributed by atoms with E-state index in [4.69, 9.17) is 0 Å². The molecule has 13 heavy (non-hydrogen) atoms. The summed E-state index contributed by atoms with van der Waals surface area (Å²) in [5, 5.41) is 0. The molecule has 2 aliphatic rings. The van der Waals surface area contributed by atoms with Crippen molar-refractivity contribution in [3.8, 4) is 0 Å². The standard InChI is InChI=1S/C13H12/c1-9-12-5-3-2-4-11(12)8-13(9)10-6-7-10/h2-5,8,10H,1,6-7H2. The lowest BCUT2D eigenvalue weighted by Crippen LogP contribution is -1.83. The zero-order valence-corrected chi connectivity index (χ0v) is 7.59. The Hall–Kier alpha value is -1.30. The van der Waals surface area contributed by atoms with Gasteiger partial charge in [-0.2, -0.15) is 0 Å². The molecule has 1 aromatic rings. The smallest absolute Gasteiger partial charge is 0.0114 e. The van der Waals surface area contributed by atoms with Crippen LogP contribution < -0.4 is 0 Å². The molecule has 0 amide bonds. The van der Waals surface area contributed by atoms with Gasteiger partial charge in [-0.05, 0) is 41.0 Å². The normalized spacial score (nSPS) is 20.0. The van der Waals surface area contributed by atoms with Crippen LogP contribution in [0.15, 0.2) is 36.4 Å². The average Bonchev–Trinajstić information content (AvgIpc) is 2.94. The van der Waals surface area contributed by atoms with E-state index in [1.807, 2.05) is 0 Å². The Bertz CT molecular complexity index is 406. The van der Waals surface area contributed by atoms with Gasteiger partial charge in [-0.15, -0.1) is 0 Å². The van der Waals surface area contributed by atoms with Crippen LogP contribution in [0.3, 0.4) is 0 Å². The zero-order chi connectivity index (χ0) is 8.84. The van der Waals surface area contributed by atoms with Gasteiger partial charge in [0.1, 0.15) is 0 Å². The van der Waals surface area contributed by atoms with Crippen molar-refractivity contribution in [3.63, 3.8) is 0 Å². The highest BCUT2D eigenvalue weighted by atomic mass is 14.3. The molecule has 0 heteroatoms. The van der Waals surface area contributed by atoms with Gasteiger partial charge >= 0.3 is 0 Å². The minimum absolute atomic E-state index is 0.819. The largest absolute Gasteiger partial charge is 0.0908 e. The molecule has 64 valence electrons. The average molecular weight is 168 g/mol. The molecule has 0 atom stereocenters. The summed E-state index contributed by atoms with van der Waals surface area (Å²) in [6.45, 7) is 4.17. The summed E-state index contributed by atoms with van der Waals surface area (Å²) in [4.78, 5) is 0. The van der Waals surface area contributed by atoms with Crippen molar-refractivity contribution in [2.45, 2.75) is 12.8 Å². The molecule has 0 saturated heterocycles. The molecule has 0 aliphatic heterocycles. The van der Waals surface area contributed by atoms with Gasteiger partial charge in [0.25, 0.3) is 0 Å². The summed E-state index contributed by atoms with van der Waals surface area (Å²) in [5.74, 6) is 0.819. The number of benzene rings is 1. The van der Waals surface area contributed by atoms with Crippen LogP contribution in [0.1, 0.15) is 24.0 Å². The summed E-state index contributed by atoms with van der Waals surface area (Å²) < 4.78 is 0. The molecular formula is C13H12. The Kier molecular flexibility index (Phi) is 1.29. The second kappa shape index (κ2) is 2.35. The minimum Gasteiger partial charge on any atom is -0.0908 e. The second-order valence-corrected chi connectivity index (χ2v) is 3.94. The van der Waals surface area contributed by atoms with Crippen LogP contribution in [-0.4, -0.2) is 0 Å². The van der Waals surface area contributed by atoms with Gasteiger partial charge in [-0.3, -0.25) is 0 Å². The predicted octanol–water partition coefficient (Wildman–Crippen LogP) is 3.51. The third kappa shape index (κ3) is 0.983. The number of hydrogen-bond acceptors (Lipinski definition) is 0. The van der Waals surface area contributed by atoms with Crippen LogP contribution in [0.25, 0.3) is 11.6 Å². The van der Waals surface area contributed by atoms with E-state index < -0.39 is 0 Å². The van der Waals surface area contributed by atoms with E-state index in [0.29, 0.717) is 0 Å². The van der Waals surface area contributed by atoms with Gasteiger partial charge < -0.3 is 0 Å². The summed E-state index contributed by atoms with van der Waals surface area (Å²) in [6, 6.07) is 8.53. The fourth-order valence-corrected chi connectivity index (χ4v) is 2.07. The van der Waals surface area contributed by atoms with E-state index in [9.17, 15) is 0 Å². The van der Waals surface area contributed by atoms with Crippen molar-refractivity contribution in [1.82, 2.24) is 0 Å². The topological polar surface area (TPSA) is 0 Å². The lowest BCUT2D eigenvalue weighted by Gasteiger charge is -2.02. The quantitative estimate of drug-likeness (QED) is 0.602. The lowest BCUT2D eigenvalue weighted by atomic mass is 10.0. The van der Waals surface area contributed by atoms with Crippen molar-refractivity contribution in [2.75, 3.05) is 0 Å². The second-order valence-electron chi connectivity index (χ2n) is 3.94. The molecule has 0 heterocycles. The first-order valence-electron chi connectivity index (χ1n) is 4.86. The van der Waals surface area contributed by atoms with E-state index >= 15 is 0 Å². The van der Waals surface area contributed by atoms with E-state index in [1.54, 1.807) is 0 Å². The Balaban J connectivity index is 2.11. The number of hydrogen-bond donors (Lipinski definition) is 0. The van der Waals surface area contributed by atoms with E-state index in [0.717, 1.165) is 5.92 Å². The van der Waals surface area contributed by atoms with Crippen LogP contribution in [0.5, 0.6) is 0 Å². The molecule has 1 saturated carbocycles. The fourth-order valence-electron chi connectivity index (χ4n) is 2.07. The molecule has 1 aromatic carbocycles. The molecule has 0 aromatic heterocycles. The van der Waals surface area contributed by atoms with Crippen LogP contribution >= 0.6 is 0 Å². The van der Waals surface area contributed by atoms with Crippen molar-refractivity contribution < 1.29 is 0 Å². The Morgan fingerprint density at radius 1 is 1.15 bits per heavy atom. The van der Waals surface area contributed by atoms with Gasteiger partial charge in [0.2, 0.25) is 0 Å².